The molecule has 3 nitrogen and oxygen atoms in total. The molecule has 2 aliphatic rings. The molecule has 112 valence electrons. The van der Waals surface area contributed by atoms with Gasteiger partial charge in [0, 0.05) is 22.3 Å². The van der Waals surface area contributed by atoms with Crippen LogP contribution in [0.25, 0.3) is 10.9 Å². The highest BCUT2D eigenvalue weighted by molar-refractivity contribution is 5.88. The quantitative estimate of drug-likeness (QED) is 0.696. The van der Waals surface area contributed by atoms with Crippen LogP contribution in [0.2, 0.25) is 0 Å². The fraction of sp³-hybridized carbons (Fsp3) is 0.556. The molecule has 0 saturated heterocycles. The van der Waals surface area contributed by atoms with E-state index in [1.807, 2.05) is 6.07 Å². The monoisotopic (exact) mass is 283 g/mol. The van der Waals surface area contributed by atoms with Gasteiger partial charge >= 0.3 is 0 Å². The largest absolute Gasteiger partial charge is 0.399 e. The molecule has 2 aromatic rings. The van der Waals surface area contributed by atoms with E-state index in [1.54, 1.807) is 0 Å². The highest BCUT2D eigenvalue weighted by Gasteiger charge is 2.42. The summed E-state index contributed by atoms with van der Waals surface area (Å²) < 4.78 is 0. The van der Waals surface area contributed by atoms with Crippen LogP contribution in [0.1, 0.15) is 56.2 Å². The number of benzene rings is 1. The summed E-state index contributed by atoms with van der Waals surface area (Å²) in [5, 5.41) is 1.29. The molecule has 1 aromatic carbocycles. The second-order valence-electron chi connectivity index (χ2n) is 7.01. The van der Waals surface area contributed by atoms with E-state index in [9.17, 15) is 0 Å². The number of fused-ring (bicyclic) bond motifs is 3. The number of nitrogens with one attached hydrogen (secondary N) is 1. The second kappa shape index (κ2) is 4.77. The third kappa shape index (κ3) is 1.98. The van der Waals surface area contributed by atoms with Crippen LogP contribution in [0.15, 0.2) is 18.2 Å². The van der Waals surface area contributed by atoms with Crippen molar-refractivity contribution in [2.24, 2.45) is 11.7 Å². The maximum Gasteiger partial charge on any atom is 0.0593 e. The molecule has 0 radical (unpaired) electrons. The minimum absolute atomic E-state index is 0.151. The average molecular weight is 283 g/mol. The van der Waals surface area contributed by atoms with Gasteiger partial charge in [-0.25, -0.2) is 0 Å². The van der Waals surface area contributed by atoms with Crippen LogP contribution >= 0.6 is 0 Å². The Labute approximate surface area is 126 Å². The van der Waals surface area contributed by atoms with Gasteiger partial charge < -0.3 is 16.5 Å². The number of hydrogen-bond acceptors (Lipinski definition) is 2. The van der Waals surface area contributed by atoms with Crippen LogP contribution in [0.4, 0.5) is 5.69 Å². The number of aromatic nitrogens is 1. The van der Waals surface area contributed by atoms with E-state index in [0.29, 0.717) is 5.92 Å². The molecule has 1 unspecified atom stereocenters. The van der Waals surface area contributed by atoms with Crippen LogP contribution in [0, 0.1) is 5.92 Å². The number of H-pyrrole nitrogens is 1. The van der Waals surface area contributed by atoms with Crippen LogP contribution in [-0.2, 0) is 12.0 Å². The van der Waals surface area contributed by atoms with Crippen molar-refractivity contribution in [3.63, 3.8) is 0 Å². The van der Waals surface area contributed by atoms with Crippen molar-refractivity contribution in [1.29, 1.82) is 0 Å². The van der Waals surface area contributed by atoms with Crippen LogP contribution in [0.3, 0.4) is 0 Å². The Morgan fingerprint density at radius 1 is 1.10 bits per heavy atom. The van der Waals surface area contributed by atoms with Gasteiger partial charge in [0.05, 0.1) is 5.54 Å². The third-order valence-corrected chi connectivity index (χ3v) is 5.75. The lowest BCUT2D eigenvalue weighted by atomic mass is 9.67. The zero-order valence-electron chi connectivity index (χ0n) is 12.6. The third-order valence-electron chi connectivity index (χ3n) is 5.75. The Morgan fingerprint density at radius 2 is 1.90 bits per heavy atom. The molecule has 0 aliphatic heterocycles. The first-order valence-corrected chi connectivity index (χ1v) is 8.38. The topological polar surface area (TPSA) is 67.8 Å². The molecular weight excluding hydrogens is 258 g/mol. The summed E-state index contributed by atoms with van der Waals surface area (Å²) in [5.74, 6) is 0.635. The summed E-state index contributed by atoms with van der Waals surface area (Å²) in [6.07, 6.45) is 10.1. The van der Waals surface area contributed by atoms with Crippen molar-refractivity contribution in [2.45, 2.75) is 56.9 Å². The molecule has 0 spiro atoms. The van der Waals surface area contributed by atoms with E-state index in [0.717, 1.165) is 18.5 Å². The van der Waals surface area contributed by atoms with Crippen molar-refractivity contribution in [1.82, 2.24) is 4.98 Å². The van der Waals surface area contributed by atoms with Gasteiger partial charge in [0.2, 0.25) is 0 Å². The van der Waals surface area contributed by atoms with E-state index in [4.69, 9.17) is 11.5 Å². The van der Waals surface area contributed by atoms with Gasteiger partial charge in [0.1, 0.15) is 0 Å². The lowest BCUT2D eigenvalue weighted by molar-refractivity contribution is 0.178. The average Bonchev–Trinajstić information content (AvgIpc) is 2.88. The fourth-order valence-corrected chi connectivity index (χ4v) is 4.63. The van der Waals surface area contributed by atoms with Gasteiger partial charge in [-0.1, -0.05) is 19.3 Å². The summed E-state index contributed by atoms with van der Waals surface area (Å²) in [7, 11) is 0. The molecule has 1 atom stereocenters. The first-order chi connectivity index (χ1) is 10.2. The minimum Gasteiger partial charge on any atom is -0.399 e. The van der Waals surface area contributed by atoms with E-state index in [-0.39, 0.29) is 5.54 Å². The Morgan fingerprint density at radius 3 is 2.71 bits per heavy atom. The first-order valence-electron chi connectivity index (χ1n) is 8.38. The van der Waals surface area contributed by atoms with Gasteiger partial charge in [-0.3, -0.25) is 0 Å². The van der Waals surface area contributed by atoms with E-state index >= 15 is 0 Å². The van der Waals surface area contributed by atoms with Gasteiger partial charge in [-0.05, 0) is 61.8 Å². The molecular formula is C18H25N3. The molecule has 4 rings (SSSR count). The fourth-order valence-electron chi connectivity index (χ4n) is 4.63. The van der Waals surface area contributed by atoms with Crippen molar-refractivity contribution < 1.29 is 0 Å². The van der Waals surface area contributed by atoms with Crippen molar-refractivity contribution in [3.8, 4) is 0 Å². The van der Waals surface area contributed by atoms with Gasteiger partial charge in [0.15, 0.2) is 0 Å². The van der Waals surface area contributed by atoms with Crippen LogP contribution in [0.5, 0.6) is 0 Å². The Hall–Kier alpha value is -1.48. The number of aromatic amines is 1. The molecule has 1 fully saturated rings. The summed E-state index contributed by atoms with van der Waals surface area (Å²) in [5.41, 5.74) is 17.6. The van der Waals surface area contributed by atoms with Gasteiger partial charge in [-0.2, -0.15) is 0 Å². The predicted molar refractivity (Wildman–Crippen MR) is 88.1 cm³/mol. The molecule has 1 heterocycles. The molecule has 1 saturated carbocycles. The summed E-state index contributed by atoms with van der Waals surface area (Å²) >= 11 is 0. The molecule has 0 amide bonds. The summed E-state index contributed by atoms with van der Waals surface area (Å²) in [6, 6.07) is 6.19. The highest BCUT2D eigenvalue weighted by Crippen LogP contribution is 2.46. The normalized spacial score (nSPS) is 26.9. The van der Waals surface area contributed by atoms with E-state index in [1.165, 1.54) is 60.7 Å². The van der Waals surface area contributed by atoms with E-state index in [2.05, 4.69) is 17.1 Å². The van der Waals surface area contributed by atoms with Crippen LogP contribution < -0.4 is 11.5 Å². The minimum atomic E-state index is -0.151. The van der Waals surface area contributed by atoms with Gasteiger partial charge in [-0.15, -0.1) is 0 Å². The summed E-state index contributed by atoms with van der Waals surface area (Å²) in [6.45, 7) is 0. The smallest absolute Gasteiger partial charge is 0.0593 e. The lowest BCUT2D eigenvalue weighted by Crippen LogP contribution is -2.47. The molecule has 5 N–H and O–H groups in total. The number of nitrogen functional groups attached to an aromatic ring is 1. The Kier molecular flexibility index (Phi) is 3.00. The van der Waals surface area contributed by atoms with Crippen molar-refractivity contribution >= 4 is 16.6 Å². The maximum atomic E-state index is 6.98. The Bertz CT molecular complexity index is 666. The van der Waals surface area contributed by atoms with Gasteiger partial charge in [0.25, 0.3) is 0 Å². The zero-order valence-corrected chi connectivity index (χ0v) is 12.6. The lowest BCUT2D eigenvalue weighted by Gasteiger charge is -2.42. The highest BCUT2D eigenvalue weighted by atomic mass is 14.9. The van der Waals surface area contributed by atoms with Crippen molar-refractivity contribution in [3.05, 3.63) is 29.5 Å². The molecule has 3 heteroatoms. The van der Waals surface area contributed by atoms with Crippen LogP contribution in [-0.4, -0.2) is 4.98 Å². The first kappa shape index (κ1) is 13.2. The predicted octanol–water partition coefficient (Wildman–Crippen LogP) is 3.82. The second-order valence-corrected chi connectivity index (χ2v) is 7.01. The number of anilines is 1. The summed E-state index contributed by atoms with van der Waals surface area (Å²) in [4.78, 5) is 3.65. The van der Waals surface area contributed by atoms with Crippen molar-refractivity contribution in [2.75, 3.05) is 5.73 Å². The molecule has 0 bridgehead atoms. The number of hydrogen-bond donors (Lipinski definition) is 3. The molecule has 2 aliphatic carbocycles. The number of rotatable bonds is 1. The maximum absolute atomic E-state index is 6.98. The number of nitrogens with two attached hydrogens (primary N) is 2. The zero-order chi connectivity index (χ0) is 14.4. The standard InChI is InChI=1S/C18H25N3/c19-13-8-9-16-15(11-13)14-7-4-10-18(20,17(14)21-16)12-5-2-1-3-6-12/h8-9,11-12,21H,1-7,10,19-20H2. The van der Waals surface area contributed by atoms with E-state index < -0.39 is 0 Å². The number of aryl methyl sites for hydroxylation is 1. The Balaban J connectivity index is 1.85. The molecule has 21 heavy (non-hydrogen) atoms. The molecule has 1 aromatic heterocycles. The SMILES string of the molecule is Nc1ccc2[nH]c3c(c2c1)CCCC3(N)C1CCCCC1.